The van der Waals surface area contributed by atoms with E-state index in [-0.39, 0.29) is 6.73 Å². The van der Waals surface area contributed by atoms with E-state index < -0.39 is 12.1 Å². The summed E-state index contributed by atoms with van der Waals surface area (Å²) in [6.45, 7) is 1.38. The van der Waals surface area contributed by atoms with Crippen LogP contribution in [0.3, 0.4) is 0 Å². The molecule has 0 aromatic carbocycles. The van der Waals surface area contributed by atoms with Crippen LogP contribution >= 0.6 is 0 Å². The molecule has 0 amide bonds. The van der Waals surface area contributed by atoms with E-state index in [4.69, 9.17) is 10.8 Å². The Bertz CT molecular complexity index is 83.4. The first-order valence-corrected chi connectivity index (χ1v) is 2.23. The molecule has 0 aromatic heterocycles. The van der Waals surface area contributed by atoms with Crippen LogP contribution in [0.15, 0.2) is 0 Å². The second-order valence-electron chi connectivity index (χ2n) is 1.31. The topological polar surface area (TPSA) is 72.5 Å². The Balaban J connectivity index is 3.32. The van der Waals surface area contributed by atoms with Crippen molar-refractivity contribution >= 4 is 5.97 Å². The smallest absolute Gasteiger partial charge is 0.332 e. The van der Waals surface area contributed by atoms with Gasteiger partial charge in [-0.1, -0.05) is 0 Å². The number of carboxylic acid groups (broad SMARTS) is 1. The van der Waals surface area contributed by atoms with Crippen molar-refractivity contribution in [2.75, 3.05) is 6.73 Å². The van der Waals surface area contributed by atoms with Gasteiger partial charge in [-0.15, -0.1) is 0 Å². The molecule has 0 unspecified atom stereocenters. The summed E-state index contributed by atoms with van der Waals surface area (Å²) in [4.78, 5) is 9.91. The van der Waals surface area contributed by atoms with Crippen LogP contribution in [0.1, 0.15) is 6.92 Å². The first-order chi connectivity index (χ1) is 3.68. The maximum Gasteiger partial charge on any atom is 0.332 e. The lowest BCUT2D eigenvalue weighted by Gasteiger charge is -2.02. The van der Waals surface area contributed by atoms with Crippen LogP contribution in [0, 0.1) is 0 Å². The molecule has 8 heavy (non-hydrogen) atoms. The first kappa shape index (κ1) is 7.39. The van der Waals surface area contributed by atoms with Crippen LogP contribution in [0.25, 0.3) is 0 Å². The van der Waals surface area contributed by atoms with Crippen molar-refractivity contribution in [2.24, 2.45) is 5.73 Å². The number of carbonyl (C=O) groups is 1. The molecule has 0 aliphatic rings. The van der Waals surface area contributed by atoms with Gasteiger partial charge in [0.15, 0.2) is 6.10 Å². The fourth-order valence-electron chi connectivity index (χ4n) is 0.216. The van der Waals surface area contributed by atoms with Gasteiger partial charge in [0.1, 0.15) is 0 Å². The van der Waals surface area contributed by atoms with E-state index in [0.29, 0.717) is 0 Å². The van der Waals surface area contributed by atoms with Crippen molar-refractivity contribution in [1.82, 2.24) is 0 Å². The van der Waals surface area contributed by atoms with Gasteiger partial charge in [-0.25, -0.2) is 4.79 Å². The minimum absolute atomic E-state index is 0.0481. The Hall–Kier alpha value is -0.610. The Kier molecular flexibility index (Phi) is 3.14. The van der Waals surface area contributed by atoms with Gasteiger partial charge in [-0.3, -0.25) is 0 Å². The summed E-state index contributed by atoms with van der Waals surface area (Å²) in [5, 5.41) is 8.13. The molecule has 0 fully saturated rings. The number of aliphatic carboxylic acids is 1. The number of rotatable bonds is 3. The molecular weight excluding hydrogens is 110 g/mol. The molecule has 0 saturated heterocycles. The third kappa shape index (κ3) is 2.54. The first-order valence-electron chi connectivity index (χ1n) is 2.23. The van der Waals surface area contributed by atoms with E-state index in [2.05, 4.69) is 4.74 Å². The summed E-state index contributed by atoms with van der Waals surface area (Å²) in [6.07, 6.45) is -0.792. The minimum atomic E-state index is -0.990. The lowest BCUT2D eigenvalue weighted by atomic mass is 10.4. The monoisotopic (exact) mass is 119 g/mol. The quantitative estimate of drug-likeness (QED) is 0.486. The van der Waals surface area contributed by atoms with E-state index in [1.165, 1.54) is 6.92 Å². The van der Waals surface area contributed by atoms with E-state index in [9.17, 15) is 4.79 Å². The molecule has 3 N–H and O–H groups in total. The second kappa shape index (κ2) is 3.40. The van der Waals surface area contributed by atoms with Gasteiger partial charge >= 0.3 is 5.97 Å². The normalized spacial score (nSPS) is 13.2. The molecule has 0 saturated carbocycles. The Morgan fingerprint density at radius 3 is 2.62 bits per heavy atom. The number of hydrogen-bond acceptors (Lipinski definition) is 3. The summed E-state index contributed by atoms with van der Waals surface area (Å²) in [6, 6.07) is 0. The molecule has 0 bridgehead atoms. The predicted octanol–water partition coefficient (Wildman–Crippen LogP) is -0.608. The molecule has 0 heterocycles. The van der Waals surface area contributed by atoms with Crippen molar-refractivity contribution in [3.8, 4) is 0 Å². The zero-order chi connectivity index (χ0) is 6.57. The highest BCUT2D eigenvalue weighted by Crippen LogP contribution is 1.85. The maximum atomic E-state index is 9.91. The summed E-state index contributed by atoms with van der Waals surface area (Å²) < 4.78 is 4.48. The summed E-state index contributed by atoms with van der Waals surface area (Å²) in [5.74, 6) is -0.990. The lowest BCUT2D eigenvalue weighted by molar-refractivity contribution is -0.148. The third-order valence-electron chi connectivity index (χ3n) is 0.694. The van der Waals surface area contributed by atoms with Gasteiger partial charge in [0, 0.05) is 0 Å². The zero-order valence-electron chi connectivity index (χ0n) is 4.63. The molecule has 1 atom stereocenters. The van der Waals surface area contributed by atoms with Gasteiger partial charge in [-0.05, 0) is 6.92 Å². The van der Waals surface area contributed by atoms with Crippen LogP contribution in [0.5, 0.6) is 0 Å². The predicted molar refractivity (Wildman–Crippen MR) is 27.2 cm³/mol. The Labute approximate surface area is 47.2 Å². The average molecular weight is 119 g/mol. The highest BCUT2D eigenvalue weighted by molar-refractivity contribution is 5.71. The van der Waals surface area contributed by atoms with Crippen LogP contribution in [0.4, 0.5) is 0 Å². The number of carboxylic acids is 1. The lowest BCUT2D eigenvalue weighted by Crippen LogP contribution is -2.22. The van der Waals surface area contributed by atoms with Crippen LogP contribution in [-0.4, -0.2) is 23.9 Å². The standard InChI is InChI=1S/C4H9NO3/c1-3(4(6)7)8-2-5/h3H,2,5H2,1H3,(H,6,7)/t3-/m0/s1. The summed E-state index contributed by atoms with van der Waals surface area (Å²) in [7, 11) is 0. The number of hydrogen-bond donors (Lipinski definition) is 2. The van der Waals surface area contributed by atoms with E-state index in [1.54, 1.807) is 0 Å². The van der Waals surface area contributed by atoms with Crippen molar-refractivity contribution in [3.63, 3.8) is 0 Å². The summed E-state index contributed by atoms with van der Waals surface area (Å²) in [5.41, 5.74) is 4.88. The Morgan fingerprint density at radius 2 is 2.50 bits per heavy atom. The SMILES string of the molecule is C[C@H](OCN)C(=O)O. The van der Waals surface area contributed by atoms with Crippen molar-refractivity contribution in [2.45, 2.75) is 13.0 Å². The van der Waals surface area contributed by atoms with Crippen LogP contribution in [0.2, 0.25) is 0 Å². The highest BCUT2D eigenvalue weighted by atomic mass is 16.5. The van der Waals surface area contributed by atoms with Gasteiger partial charge in [0.05, 0.1) is 6.73 Å². The summed E-state index contributed by atoms with van der Waals surface area (Å²) >= 11 is 0. The maximum absolute atomic E-state index is 9.91. The second-order valence-corrected chi connectivity index (χ2v) is 1.31. The fourth-order valence-corrected chi connectivity index (χ4v) is 0.216. The molecule has 4 nitrogen and oxygen atoms in total. The van der Waals surface area contributed by atoms with Gasteiger partial charge in [-0.2, -0.15) is 0 Å². The number of nitrogens with two attached hydrogens (primary N) is 1. The van der Waals surface area contributed by atoms with E-state index in [1.807, 2.05) is 0 Å². The fraction of sp³-hybridized carbons (Fsp3) is 0.750. The minimum Gasteiger partial charge on any atom is -0.479 e. The molecule has 48 valence electrons. The molecule has 0 aliphatic carbocycles. The van der Waals surface area contributed by atoms with Crippen molar-refractivity contribution in [1.29, 1.82) is 0 Å². The molecule has 0 aliphatic heterocycles. The van der Waals surface area contributed by atoms with E-state index >= 15 is 0 Å². The van der Waals surface area contributed by atoms with Crippen molar-refractivity contribution in [3.05, 3.63) is 0 Å². The van der Waals surface area contributed by atoms with Gasteiger partial charge < -0.3 is 15.6 Å². The van der Waals surface area contributed by atoms with Crippen LogP contribution < -0.4 is 5.73 Å². The van der Waals surface area contributed by atoms with E-state index in [0.717, 1.165) is 0 Å². The zero-order valence-corrected chi connectivity index (χ0v) is 4.63. The molecule has 0 aromatic rings. The van der Waals surface area contributed by atoms with Crippen molar-refractivity contribution < 1.29 is 14.6 Å². The molecule has 4 heteroatoms. The highest BCUT2D eigenvalue weighted by Gasteiger charge is 2.08. The molecule has 0 rings (SSSR count). The average Bonchev–Trinajstić information content (AvgIpc) is 1.67. The molecule has 0 radical (unpaired) electrons. The molecular formula is C4H9NO3. The van der Waals surface area contributed by atoms with Crippen LogP contribution in [-0.2, 0) is 9.53 Å². The number of ether oxygens (including phenoxy) is 1. The van der Waals surface area contributed by atoms with Gasteiger partial charge in [0.2, 0.25) is 0 Å². The Morgan fingerprint density at radius 1 is 2.00 bits per heavy atom. The largest absolute Gasteiger partial charge is 0.479 e. The third-order valence-corrected chi connectivity index (χ3v) is 0.694. The molecule has 0 spiro atoms. The van der Waals surface area contributed by atoms with Gasteiger partial charge in [0.25, 0.3) is 0 Å².